The van der Waals surface area contributed by atoms with Gasteiger partial charge >= 0.3 is 0 Å². The number of piperidine rings is 1. The second-order valence-corrected chi connectivity index (χ2v) is 4.34. The first-order valence-corrected chi connectivity index (χ1v) is 4.97. The lowest BCUT2D eigenvalue weighted by Gasteiger charge is -2.32. The first kappa shape index (κ1) is 9.31. The molecule has 14 heavy (non-hydrogen) atoms. The molecule has 1 saturated heterocycles. The number of hydrogen-bond acceptors (Lipinski definition) is 2. The van der Waals surface area contributed by atoms with Gasteiger partial charge in [-0.15, -0.1) is 0 Å². The van der Waals surface area contributed by atoms with Gasteiger partial charge in [-0.05, 0) is 24.0 Å². The minimum atomic E-state index is 0.158. The molecule has 0 aromatic carbocycles. The summed E-state index contributed by atoms with van der Waals surface area (Å²) >= 11 is 0. The molecule has 1 aromatic rings. The zero-order chi connectivity index (χ0) is 10.0. The van der Waals surface area contributed by atoms with Crippen LogP contribution in [0, 0.1) is 5.41 Å². The SMILES string of the molecule is CC1(Cc2ccco2)CCC(=O)NC1. The Morgan fingerprint density at radius 2 is 2.50 bits per heavy atom. The topological polar surface area (TPSA) is 42.2 Å². The average molecular weight is 193 g/mol. The number of furan rings is 1. The van der Waals surface area contributed by atoms with Gasteiger partial charge in [0.1, 0.15) is 5.76 Å². The summed E-state index contributed by atoms with van der Waals surface area (Å²) in [4.78, 5) is 11.0. The number of carbonyl (C=O) groups is 1. The van der Waals surface area contributed by atoms with E-state index in [2.05, 4.69) is 12.2 Å². The molecule has 1 atom stereocenters. The van der Waals surface area contributed by atoms with E-state index < -0.39 is 0 Å². The monoisotopic (exact) mass is 193 g/mol. The van der Waals surface area contributed by atoms with Crippen molar-refractivity contribution in [2.24, 2.45) is 5.41 Å². The Balaban J connectivity index is 1.99. The number of nitrogens with one attached hydrogen (secondary N) is 1. The lowest BCUT2D eigenvalue weighted by atomic mass is 9.79. The molecular weight excluding hydrogens is 178 g/mol. The summed E-state index contributed by atoms with van der Waals surface area (Å²) in [7, 11) is 0. The molecule has 1 unspecified atom stereocenters. The number of rotatable bonds is 2. The highest BCUT2D eigenvalue weighted by Crippen LogP contribution is 2.30. The van der Waals surface area contributed by atoms with Crippen molar-refractivity contribution < 1.29 is 9.21 Å². The van der Waals surface area contributed by atoms with Crippen LogP contribution in [0.15, 0.2) is 22.8 Å². The molecule has 1 amide bonds. The molecule has 0 bridgehead atoms. The van der Waals surface area contributed by atoms with E-state index in [9.17, 15) is 4.79 Å². The van der Waals surface area contributed by atoms with Crippen molar-refractivity contribution in [1.29, 1.82) is 0 Å². The smallest absolute Gasteiger partial charge is 0.220 e. The number of hydrogen-bond donors (Lipinski definition) is 1. The second-order valence-electron chi connectivity index (χ2n) is 4.34. The van der Waals surface area contributed by atoms with E-state index in [0.29, 0.717) is 6.42 Å². The van der Waals surface area contributed by atoms with Crippen LogP contribution < -0.4 is 5.32 Å². The van der Waals surface area contributed by atoms with Crippen LogP contribution in [0.5, 0.6) is 0 Å². The van der Waals surface area contributed by atoms with E-state index in [-0.39, 0.29) is 11.3 Å². The van der Waals surface area contributed by atoms with Crippen LogP contribution in [0.4, 0.5) is 0 Å². The molecular formula is C11H15NO2. The minimum Gasteiger partial charge on any atom is -0.469 e. The summed E-state index contributed by atoms with van der Waals surface area (Å²) in [5.41, 5.74) is 0.158. The molecule has 2 heterocycles. The van der Waals surface area contributed by atoms with Crippen molar-refractivity contribution in [3.8, 4) is 0 Å². The summed E-state index contributed by atoms with van der Waals surface area (Å²) in [6, 6.07) is 3.89. The summed E-state index contributed by atoms with van der Waals surface area (Å²) in [6.07, 6.45) is 4.18. The molecule has 1 N–H and O–H groups in total. The van der Waals surface area contributed by atoms with Crippen LogP contribution >= 0.6 is 0 Å². The van der Waals surface area contributed by atoms with E-state index in [1.54, 1.807) is 6.26 Å². The zero-order valence-electron chi connectivity index (χ0n) is 8.38. The molecule has 1 aliphatic heterocycles. The third-order valence-corrected chi connectivity index (χ3v) is 2.85. The number of carbonyl (C=O) groups excluding carboxylic acids is 1. The van der Waals surface area contributed by atoms with Crippen LogP contribution in [0.1, 0.15) is 25.5 Å². The van der Waals surface area contributed by atoms with Crippen molar-refractivity contribution >= 4 is 5.91 Å². The molecule has 76 valence electrons. The highest BCUT2D eigenvalue weighted by molar-refractivity contribution is 5.76. The van der Waals surface area contributed by atoms with Gasteiger partial charge in [-0.2, -0.15) is 0 Å². The highest BCUT2D eigenvalue weighted by atomic mass is 16.3. The van der Waals surface area contributed by atoms with Crippen LogP contribution in [-0.2, 0) is 11.2 Å². The first-order chi connectivity index (χ1) is 6.68. The van der Waals surface area contributed by atoms with E-state index in [1.807, 2.05) is 12.1 Å². The summed E-state index contributed by atoms with van der Waals surface area (Å²) < 4.78 is 5.32. The van der Waals surface area contributed by atoms with Gasteiger partial charge in [0.15, 0.2) is 0 Å². The molecule has 3 heteroatoms. The predicted molar refractivity (Wildman–Crippen MR) is 52.8 cm³/mol. The third-order valence-electron chi connectivity index (χ3n) is 2.85. The molecule has 3 nitrogen and oxygen atoms in total. The standard InChI is InChI=1S/C11H15NO2/c1-11(5-4-10(13)12-8-11)7-9-3-2-6-14-9/h2-3,6H,4-5,7-8H2,1H3,(H,12,13). The summed E-state index contributed by atoms with van der Waals surface area (Å²) in [6.45, 7) is 2.95. The Morgan fingerprint density at radius 3 is 3.07 bits per heavy atom. The van der Waals surface area contributed by atoms with Gasteiger partial charge in [0.05, 0.1) is 6.26 Å². The fraction of sp³-hybridized carbons (Fsp3) is 0.545. The van der Waals surface area contributed by atoms with Crippen LogP contribution in [0.2, 0.25) is 0 Å². The minimum absolute atomic E-state index is 0.158. The maximum absolute atomic E-state index is 11.0. The van der Waals surface area contributed by atoms with Crippen molar-refractivity contribution in [1.82, 2.24) is 5.32 Å². The Bertz CT molecular complexity index is 306. The Labute approximate surface area is 83.5 Å². The van der Waals surface area contributed by atoms with E-state index in [1.165, 1.54) is 0 Å². The molecule has 1 fully saturated rings. The molecule has 1 aliphatic rings. The molecule has 0 spiro atoms. The maximum Gasteiger partial charge on any atom is 0.220 e. The zero-order valence-corrected chi connectivity index (χ0v) is 8.38. The van der Waals surface area contributed by atoms with E-state index >= 15 is 0 Å². The van der Waals surface area contributed by atoms with Gasteiger partial charge in [0.25, 0.3) is 0 Å². The Hall–Kier alpha value is -1.25. The molecule has 0 saturated carbocycles. The lowest BCUT2D eigenvalue weighted by molar-refractivity contribution is -0.124. The molecule has 0 radical (unpaired) electrons. The highest BCUT2D eigenvalue weighted by Gasteiger charge is 2.30. The molecule has 2 rings (SSSR count). The Kier molecular flexibility index (Phi) is 2.32. The molecule has 0 aliphatic carbocycles. The van der Waals surface area contributed by atoms with Crippen LogP contribution in [-0.4, -0.2) is 12.5 Å². The molecule has 1 aromatic heterocycles. The predicted octanol–water partition coefficient (Wildman–Crippen LogP) is 1.74. The van der Waals surface area contributed by atoms with Crippen LogP contribution in [0.3, 0.4) is 0 Å². The van der Waals surface area contributed by atoms with Gasteiger partial charge in [-0.3, -0.25) is 4.79 Å². The van der Waals surface area contributed by atoms with Gasteiger partial charge in [-0.25, -0.2) is 0 Å². The number of amides is 1. The second kappa shape index (κ2) is 3.48. The summed E-state index contributed by atoms with van der Waals surface area (Å²) in [5, 5.41) is 2.90. The summed E-state index contributed by atoms with van der Waals surface area (Å²) in [5.74, 6) is 1.17. The van der Waals surface area contributed by atoms with Crippen molar-refractivity contribution in [2.75, 3.05) is 6.54 Å². The van der Waals surface area contributed by atoms with Gasteiger partial charge in [-0.1, -0.05) is 6.92 Å². The Morgan fingerprint density at radius 1 is 1.64 bits per heavy atom. The van der Waals surface area contributed by atoms with Gasteiger partial charge in [0.2, 0.25) is 5.91 Å². The van der Waals surface area contributed by atoms with Crippen molar-refractivity contribution in [3.63, 3.8) is 0 Å². The van der Waals surface area contributed by atoms with Crippen molar-refractivity contribution in [3.05, 3.63) is 24.2 Å². The van der Waals surface area contributed by atoms with E-state index in [4.69, 9.17) is 4.42 Å². The fourth-order valence-corrected chi connectivity index (χ4v) is 1.89. The largest absolute Gasteiger partial charge is 0.469 e. The first-order valence-electron chi connectivity index (χ1n) is 4.97. The quantitative estimate of drug-likeness (QED) is 0.777. The van der Waals surface area contributed by atoms with E-state index in [0.717, 1.165) is 25.1 Å². The third kappa shape index (κ3) is 1.97. The van der Waals surface area contributed by atoms with Crippen LogP contribution in [0.25, 0.3) is 0 Å². The normalized spacial score (nSPS) is 27.4. The lowest BCUT2D eigenvalue weighted by Crippen LogP contribution is -2.42. The van der Waals surface area contributed by atoms with Gasteiger partial charge < -0.3 is 9.73 Å². The van der Waals surface area contributed by atoms with Crippen molar-refractivity contribution in [2.45, 2.75) is 26.2 Å². The van der Waals surface area contributed by atoms with Gasteiger partial charge in [0, 0.05) is 19.4 Å². The maximum atomic E-state index is 11.0. The fourth-order valence-electron chi connectivity index (χ4n) is 1.89. The average Bonchev–Trinajstić information content (AvgIpc) is 2.63.